The summed E-state index contributed by atoms with van der Waals surface area (Å²) in [7, 11) is 0. The summed E-state index contributed by atoms with van der Waals surface area (Å²) in [5.74, 6) is -0.631. The van der Waals surface area contributed by atoms with Gasteiger partial charge in [0.05, 0.1) is 16.8 Å². The van der Waals surface area contributed by atoms with Crippen molar-refractivity contribution in [2.45, 2.75) is 26.2 Å². The fraction of sp³-hybridized carbons (Fsp3) is 0.409. The van der Waals surface area contributed by atoms with Crippen LogP contribution in [0.1, 0.15) is 46.9 Å². The number of pyridine rings is 1. The Morgan fingerprint density at radius 2 is 1.79 bits per heavy atom. The zero-order valence-corrected chi connectivity index (χ0v) is 16.7. The van der Waals surface area contributed by atoms with Crippen molar-refractivity contribution in [1.82, 2.24) is 15.2 Å². The summed E-state index contributed by atoms with van der Waals surface area (Å²) in [6.45, 7) is 4.80. The SMILES string of the molecule is CCCCCNC(=O)c1cncc(C(=O)N2CCN(c3ccccc3F)CC2)c1. The molecule has 154 valence electrons. The Morgan fingerprint density at radius 3 is 2.52 bits per heavy atom. The maximum Gasteiger partial charge on any atom is 0.255 e. The largest absolute Gasteiger partial charge is 0.366 e. The van der Waals surface area contributed by atoms with Crippen molar-refractivity contribution in [3.05, 3.63) is 59.7 Å². The molecular formula is C22H27FN4O2. The van der Waals surface area contributed by atoms with Crippen LogP contribution in [0.3, 0.4) is 0 Å². The van der Waals surface area contributed by atoms with Crippen molar-refractivity contribution in [3.63, 3.8) is 0 Å². The number of benzene rings is 1. The van der Waals surface area contributed by atoms with Crippen molar-refractivity contribution < 1.29 is 14.0 Å². The molecule has 0 radical (unpaired) electrons. The third-order valence-corrected chi connectivity index (χ3v) is 5.07. The van der Waals surface area contributed by atoms with Crippen LogP contribution in [0.15, 0.2) is 42.7 Å². The highest BCUT2D eigenvalue weighted by Crippen LogP contribution is 2.20. The van der Waals surface area contributed by atoms with E-state index in [-0.39, 0.29) is 17.6 Å². The summed E-state index contributed by atoms with van der Waals surface area (Å²) in [6, 6.07) is 8.25. The number of amides is 2. The summed E-state index contributed by atoms with van der Waals surface area (Å²) < 4.78 is 14.0. The monoisotopic (exact) mass is 398 g/mol. The van der Waals surface area contributed by atoms with Gasteiger partial charge in [0.1, 0.15) is 5.82 Å². The van der Waals surface area contributed by atoms with Crippen LogP contribution < -0.4 is 10.2 Å². The van der Waals surface area contributed by atoms with E-state index in [1.807, 2.05) is 4.90 Å². The van der Waals surface area contributed by atoms with E-state index in [0.29, 0.717) is 49.5 Å². The summed E-state index contributed by atoms with van der Waals surface area (Å²) in [5, 5.41) is 2.86. The van der Waals surface area contributed by atoms with E-state index in [0.717, 1.165) is 19.3 Å². The molecule has 1 N–H and O–H groups in total. The number of aromatic nitrogens is 1. The van der Waals surface area contributed by atoms with Crippen molar-refractivity contribution >= 4 is 17.5 Å². The van der Waals surface area contributed by atoms with E-state index < -0.39 is 0 Å². The molecule has 3 rings (SSSR count). The van der Waals surface area contributed by atoms with Gasteiger partial charge in [-0.05, 0) is 24.6 Å². The van der Waals surface area contributed by atoms with Crippen molar-refractivity contribution in [2.24, 2.45) is 0 Å². The molecule has 1 aromatic carbocycles. The lowest BCUT2D eigenvalue weighted by Gasteiger charge is -2.36. The van der Waals surface area contributed by atoms with E-state index in [9.17, 15) is 14.0 Å². The normalized spacial score (nSPS) is 14.0. The first-order valence-corrected chi connectivity index (χ1v) is 10.1. The summed E-state index contributed by atoms with van der Waals surface area (Å²) >= 11 is 0. The number of nitrogens with one attached hydrogen (secondary N) is 1. The number of carbonyl (C=O) groups is 2. The zero-order valence-electron chi connectivity index (χ0n) is 16.7. The fourth-order valence-corrected chi connectivity index (χ4v) is 3.40. The Hall–Kier alpha value is -2.96. The Kier molecular flexibility index (Phi) is 7.16. The number of rotatable bonds is 7. The van der Waals surface area contributed by atoms with E-state index in [1.165, 1.54) is 18.5 Å². The molecule has 0 unspecified atom stereocenters. The van der Waals surface area contributed by atoms with E-state index in [4.69, 9.17) is 0 Å². The van der Waals surface area contributed by atoms with E-state index in [2.05, 4.69) is 17.2 Å². The van der Waals surface area contributed by atoms with Gasteiger partial charge in [0.15, 0.2) is 0 Å². The Labute approximate surface area is 170 Å². The number of anilines is 1. The van der Waals surface area contributed by atoms with Crippen LogP contribution in [0.5, 0.6) is 0 Å². The standard InChI is InChI=1S/C22H27FN4O2/c1-2-3-6-9-25-21(28)17-14-18(16-24-15-17)22(29)27-12-10-26(11-13-27)20-8-5-4-7-19(20)23/h4-5,7-8,14-16H,2-3,6,9-13H2,1H3,(H,25,28). The maximum atomic E-state index is 14.0. The average Bonchev–Trinajstić information content (AvgIpc) is 2.77. The van der Waals surface area contributed by atoms with Crippen LogP contribution in [0.2, 0.25) is 0 Å². The van der Waals surface area contributed by atoms with Gasteiger partial charge in [-0.1, -0.05) is 31.9 Å². The zero-order chi connectivity index (χ0) is 20.6. The Morgan fingerprint density at radius 1 is 1.07 bits per heavy atom. The molecule has 1 saturated heterocycles. The lowest BCUT2D eigenvalue weighted by molar-refractivity contribution is 0.0746. The smallest absolute Gasteiger partial charge is 0.255 e. The number of piperazine rings is 1. The van der Waals surface area contributed by atoms with Crippen LogP contribution in [0, 0.1) is 5.82 Å². The number of carbonyl (C=O) groups excluding carboxylic acids is 2. The molecule has 0 spiro atoms. The molecule has 7 heteroatoms. The maximum absolute atomic E-state index is 14.0. The van der Waals surface area contributed by atoms with Gasteiger partial charge in [0.25, 0.3) is 11.8 Å². The first kappa shape index (κ1) is 20.8. The van der Waals surface area contributed by atoms with E-state index in [1.54, 1.807) is 29.2 Å². The van der Waals surface area contributed by atoms with Crippen LogP contribution in [-0.4, -0.2) is 54.4 Å². The average molecular weight is 398 g/mol. The highest BCUT2D eigenvalue weighted by Gasteiger charge is 2.24. The molecule has 2 heterocycles. The number of nitrogens with zero attached hydrogens (tertiary/aromatic N) is 3. The number of unbranched alkanes of at least 4 members (excludes halogenated alkanes) is 2. The first-order valence-electron chi connectivity index (χ1n) is 10.1. The van der Waals surface area contributed by atoms with Gasteiger partial charge >= 0.3 is 0 Å². The molecular weight excluding hydrogens is 371 g/mol. The fourth-order valence-electron chi connectivity index (χ4n) is 3.40. The van der Waals surface area contributed by atoms with Crippen LogP contribution in [-0.2, 0) is 0 Å². The minimum absolute atomic E-state index is 0.161. The molecule has 0 atom stereocenters. The Bertz CT molecular complexity index is 850. The van der Waals surface area contributed by atoms with Crippen molar-refractivity contribution in [1.29, 1.82) is 0 Å². The predicted molar refractivity (Wildman–Crippen MR) is 111 cm³/mol. The molecule has 0 aliphatic carbocycles. The lowest BCUT2D eigenvalue weighted by Crippen LogP contribution is -2.49. The lowest BCUT2D eigenvalue weighted by atomic mass is 10.1. The summed E-state index contributed by atoms with van der Waals surface area (Å²) in [6.07, 6.45) is 6.05. The topological polar surface area (TPSA) is 65.5 Å². The summed E-state index contributed by atoms with van der Waals surface area (Å²) in [4.78, 5) is 32.9. The van der Waals surface area contributed by atoms with Crippen molar-refractivity contribution in [2.75, 3.05) is 37.6 Å². The van der Waals surface area contributed by atoms with Crippen LogP contribution >= 0.6 is 0 Å². The second-order valence-corrected chi connectivity index (χ2v) is 7.16. The van der Waals surface area contributed by atoms with Gasteiger partial charge < -0.3 is 15.1 Å². The Balaban J connectivity index is 1.58. The molecule has 1 fully saturated rings. The minimum atomic E-state index is -0.255. The summed E-state index contributed by atoms with van der Waals surface area (Å²) in [5.41, 5.74) is 1.34. The molecule has 1 aromatic heterocycles. The van der Waals surface area contributed by atoms with Gasteiger partial charge in [-0.2, -0.15) is 0 Å². The molecule has 6 nitrogen and oxygen atoms in total. The molecule has 0 saturated carbocycles. The molecule has 1 aliphatic heterocycles. The molecule has 29 heavy (non-hydrogen) atoms. The molecule has 2 amide bonds. The molecule has 1 aliphatic rings. The number of hydrogen-bond donors (Lipinski definition) is 1. The second-order valence-electron chi connectivity index (χ2n) is 7.16. The highest BCUT2D eigenvalue weighted by molar-refractivity contribution is 5.99. The number of para-hydroxylation sites is 1. The second kappa shape index (κ2) is 10.0. The quantitative estimate of drug-likeness (QED) is 0.728. The molecule has 2 aromatic rings. The molecule has 0 bridgehead atoms. The highest BCUT2D eigenvalue weighted by atomic mass is 19.1. The van der Waals surface area contributed by atoms with Gasteiger partial charge in [-0.15, -0.1) is 0 Å². The number of hydrogen-bond acceptors (Lipinski definition) is 4. The number of halogens is 1. The van der Waals surface area contributed by atoms with Gasteiger partial charge in [-0.3, -0.25) is 14.6 Å². The van der Waals surface area contributed by atoms with Crippen LogP contribution in [0.4, 0.5) is 10.1 Å². The van der Waals surface area contributed by atoms with Crippen LogP contribution in [0.25, 0.3) is 0 Å². The minimum Gasteiger partial charge on any atom is -0.366 e. The first-order chi connectivity index (χ1) is 14.1. The van der Waals surface area contributed by atoms with Crippen molar-refractivity contribution in [3.8, 4) is 0 Å². The third kappa shape index (κ3) is 5.31. The van der Waals surface area contributed by atoms with Gasteiger partial charge in [0.2, 0.25) is 0 Å². The third-order valence-electron chi connectivity index (χ3n) is 5.07. The van der Waals surface area contributed by atoms with Gasteiger partial charge in [0, 0.05) is 45.1 Å². The van der Waals surface area contributed by atoms with E-state index >= 15 is 0 Å². The van der Waals surface area contributed by atoms with Gasteiger partial charge in [-0.25, -0.2) is 4.39 Å². The predicted octanol–water partition coefficient (Wildman–Crippen LogP) is 3.10.